The van der Waals surface area contributed by atoms with Gasteiger partial charge in [-0.05, 0) is 71.5 Å². The second-order valence-corrected chi connectivity index (χ2v) is 11.0. The Morgan fingerprint density at radius 1 is 0.759 bits per heavy atom. The Bertz CT molecular complexity index is 682. The van der Waals surface area contributed by atoms with E-state index in [2.05, 4.69) is 27.7 Å². The SMILES string of the molecule is CCCCC(CC)CC1(CC(CC)CCCC)C2=CC(=O)SC2=C2SC(=O)C=C21. The summed E-state index contributed by atoms with van der Waals surface area (Å²) in [6.45, 7) is 9.13. The topological polar surface area (TPSA) is 34.1 Å². The summed E-state index contributed by atoms with van der Waals surface area (Å²) in [4.78, 5) is 27.0. The summed E-state index contributed by atoms with van der Waals surface area (Å²) >= 11 is 2.71. The van der Waals surface area contributed by atoms with Gasteiger partial charge in [0.25, 0.3) is 0 Å². The van der Waals surface area contributed by atoms with E-state index >= 15 is 0 Å². The average Bonchev–Trinajstić information content (AvgIpc) is 3.34. The second kappa shape index (κ2) is 10.0. The number of allylic oxidation sites excluding steroid dienone is 2. The van der Waals surface area contributed by atoms with Crippen molar-refractivity contribution in [3.05, 3.63) is 33.1 Å². The molecule has 0 aromatic carbocycles. The first-order chi connectivity index (χ1) is 14.0. The molecule has 3 aliphatic rings. The van der Waals surface area contributed by atoms with E-state index in [4.69, 9.17) is 0 Å². The molecule has 0 saturated carbocycles. The molecule has 0 aromatic heterocycles. The van der Waals surface area contributed by atoms with Crippen LogP contribution in [0, 0.1) is 17.3 Å². The maximum atomic E-state index is 12.4. The summed E-state index contributed by atoms with van der Waals surface area (Å²) in [6.07, 6.45) is 15.8. The summed E-state index contributed by atoms with van der Waals surface area (Å²) in [5.74, 6) is 1.28. The molecule has 0 radical (unpaired) electrons. The molecule has 2 heterocycles. The zero-order valence-corrected chi connectivity index (χ0v) is 20.1. The van der Waals surface area contributed by atoms with Gasteiger partial charge in [0.1, 0.15) is 0 Å². The van der Waals surface area contributed by atoms with Gasteiger partial charge >= 0.3 is 0 Å². The fraction of sp³-hybridized carbons (Fsp3) is 0.680. The maximum absolute atomic E-state index is 12.4. The first-order valence-electron chi connectivity index (χ1n) is 11.6. The van der Waals surface area contributed by atoms with Gasteiger partial charge in [-0.3, -0.25) is 9.59 Å². The average molecular weight is 433 g/mol. The van der Waals surface area contributed by atoms with E-state index in [-0.39, 0.29) is 15.6 Å². The molecule has 2 atom stereocenters. The van der Waals surface area contributed by atoms with Crippen LogP contribution in [0.2, 0.25) is 0 Å². The standard InChI is InChI=1S/C25H36O2S2/c1-5-9-11-17(7-3)15-25(16-18(8-4)12-10-6-2)19-13-21(26)28-23(19)24-20(25)14-22(27)29-24/h13-14,17-18H,5-12,15-16H2,1-4H3. The summed E-state index contributed by atoms with van der Waals surface area (Å²) in [6, 6.07) is 0. The number of hydrogen-bond acceptors (Lipinski definition) is 4. The third-order valence-corrected chi connectivity index (χ3v) is 9.04. The minimum Gasteiger partial charge on any atom is -0.282 e. The Morgan fingerprint density at radius 3 is 1.52 bits per heavy atom. The van der Waals surface area contributed by atoms with Crippen LogP contribution < -0.4 is 0 Å². The molecule has 2 aliphatic heterocycles. The van der Waals surface area contributed by atoms with Crippen LogP contribution in [0.25, 0.3) is 0 Å². The lowest BCUT2D eigenvalue weighted by atomic mass is 9.64. The van der Waals surface area contributed by atoms with Crippen molar-refractivity contribution >= 4 is 33.8 Å². The highest BCUT2D eigenvalue weighted by Gasteiger charge is 2.53. The summed E-state index contributed by atoms with van der Waals surface area (Å²) < 4.78 is 0. The fourth-order valence-corrected chi connectivity index (χ4v) is 7.47. The summed E-state index contributed by atoms with van der Waals surface area (Å²) in [5.41, 5.74) is 2.36. The minimum absolute atomic E-state index is 0.133. The molecule has 0 fully saturated rings. The van der Waals surface area contributed by atoms with E-state index in [0.717, 1.165) is 22.7 Å². The van der Waals surface area contributed by atoms with Crippen molar-refractivity contribution in [2.75, 3.05) is 0 Å². The lowest BCUT2D eigenvalue weighted by Crippen LogP contribution is -2.29. The van der Waals surface area contributed by atoms with E-state index in [9.17, 15) is 9.59 Å². The Hall–Kier alpha value is -0.740. The van der Waals surface area contributed by atoms with Gasteiger partial charge < -0.3 is 0 Å². The first-order valence-corrected chi connectivity index (χ1v) is 13.2. The molecular formula is C25H36O2S2. The molecule has 3 rings (SSSR count). The van der Waals surface area contributed by atoms with E-state index < -0.39 is 0 Å². The smallest absolute Gasteiger partial charge is 0.217 e. The molecule has 1 aliphatic carbocycles. The monoisotopic (exact) mass is 432 g/mol. The van der Waals surface area contributed by atoms with Crippen molar-refractivity contribution in [2.24, 2.45) is 17.3 Å². The molecule has 0 spiro atoms. The molecule has 29 heavy (non-hydrogen) atoms. The second-order valence-electron chi connectivity index (χ2n) is 8.94. The summed E-state index contributed by atoms with van der Waals surface area (Å²) in [7, 11) is 0. The molecule has 0 saturated heterocycles. The quantitative estimate of drug-likeness (QED) is 0.315. The predicted molar refractivity (Wildman–Crippen MR) is 127 cm³/mol. The van der Waals surface area contributed by atoms with Crippen LogP contribution in [0.1, 0.15) is 91.9 Å². The van der Waals surface area contributed by atoms with Crippen LogP contribution in [0.3, 0.4) is 0 Å². The van der Waals surface area contributed by atoms with E-state index in [1.807, 2.05) is 12.2 Å². The van der Waals surface area contributed by atoms with Crippen LogP contribution >= 0.6 is 23.5 Å². The number of carbonyl (C=O) groups excluding carboxylic acids is 2. The third-order valence-electron chi connectivity index (χ3n) is 7.02. The van der Waals surface area contributed by atoms with Crippen LogP contribution in [0.5, 0.6) is 0 Å². The maximum Gasteiger partial charge on any atom is 0.217 e. The summed E-state index contributed by atoms with van der Waals surface area (Å²) in [5, 5.41) is 0.295. The van der Waals surface area contributed by atoms with Gasteiger partial charge in [-0.2, -0.15) is 0 Å². The normalized spacial score (nSPS) is 21.9. The fourth-order valence-electron chi connectivity index (χ4n) is 5.33. The van der Waals surface area contributed by atoms with Gasteiger partial charge in [0.05, 0.1) is 0 Å². The molecule has 160 valence electrons. The van der Waals surface area contributed by atoms with Crippen molar-refractivity contribution in [1.29, 1.82) is 0 Å². The van der Waals surface area contributed by atoms with Gasteiger partial charge in [-0.15, -0.1) is 0 Å². The first kappa shape index (κ1) is 22.9. The molecule has 2 unspecified atom stereocenters. The van der Waals surface area contributed by atoms with Gasteiger partial charge in [0, 0.05) is 15.2 Å². The molecular weight excluding hydrogens is 396 g/mol. The lowest BCUT2D eigenvalue weighted by Gasteiger charge is -2.39. The van der Waals surface area contributed by atoms with Gasteiger partial charge in [-0.25, -0.2) is 0 Å². The number of thioether (sulfide) groups is 2. The van der Waals surface area contributed by atoms with Crippen LogP contribution in [0.15, 0.2) is 33.1 Å². The van der Waals surface area contributed by atoms with E-state index in [1.165, 1.54) is 86.0 Å². The Morgan fingerprint density at radius 2 is 1.17 bits per heavy atom. The molecule has 4 heteroatoms. The highest BCUT2D eigenvalue weighted by molar-refractivity contribution is 8.21. The lowest BCUT2D eigenvalue weighted by molar-refractivity contribution is -0.107. The highest BCUT2D eigenvalue weighted by Crippen LogP contribution is 2.66. The van der Waals surface area contributed by atoms with E-state index in [1.54, 1.807) is 0 Å². The van der Waals surface area contributed by atoms with Gasteiger partial charge in [0.2, 0.25) is 10.2 Å². The number of unbranched alkanes of at least 4 members (excludes halogenated alkanes) is 2. The van der Waals surface area contributed by atoms with Crippen molar-refractivity contribution in [2.45, 2.75) is 91.9 Å². The Balaban J connectivity index is 2.02. The highest BCUT2D eigenvalue weighted by atomic mass is 32.2. The van der Waals surface area contributed by atoms with Crippen LogP contribution in [-0.4, -0.2) is 10.2 Å². The Labute approximate surface area is 185 Å². The van der Waals surface area contributed by atoms with Gasteiger partial charge in [-0.1, -0.05) is 79.1 Å². The zero-order valence-electron chi connectivity index (χ0n) is 18.5. The van der Waals surface area contributed by atoms with E-state index in [0.29, 0.717) is 11.8 Å². The number of rotatable bonds is 12. The third kappa shape index (κ3) is 4.63. The predicted octanol–water partition coefficient (Wildman–Crippen LogP) is 7.81. The number of carbonyl (C=O) groups is 2. The van der Waals surface area contributed by atoms with Crippen molar-refractivity contribution in [1.82, 2.24) is 0 Å². The largest absolute Gasteiger partial charge is 0.282 e. The molecule has 0 N–H and O–H groups in total. The molecule has 2 nitrogen and oxygen atoms in total. The molecule has 0 bridgehead atoms. The number of fused-ring (bicyclic) bond motifs is 2. The Kier molecular flexibility index (Phi) is 7.94. The van der Waals surface area contributed by atoms with Crippen LogP contribution in [-0.2, 0) is 9.59 Å². The van der Waals surface area contributed by atoms with Crippen molar-refractivity contribution in [3.8, 4) is 0 Å². The van der Waals surface area contributed by atoms with Gasteiger partial charge in [0.15, 0.2) is 0 Å². The molecule has 0 amide bonds. The zero-order chi connectivity index (χ0) is 21.0. The number of hydrogen-bond donors (Lipinski definition) is 0. The van der Waals surface area contributed by atoms with Crippen LogP contribution in [0.4, 0.5) is 0 Å². The van der Waals surface area contributed by atoms with Crippen molar-refractivity contribution < 1.29 is 9.59 Å². The minimum atomic E-state index is -0.133. The van der Waals surface area contributed by atoms with Crippen molar-refractivity contribution in [3.63, 3.8) is 0 Å². The molecule has 0 aromatic rings.